The Balaban J connectivity index is 2.11. The zero-order chi connectivity index (χ0) is 14.7. The van der Waals surface area contributed by atoms with E-state index in [1.54, 1.807) is 19.2 Å². The van der Waals surface area contributed by atoms with E-state index in [0.29, 0.717) is 11.6 Å². The third-order valence-electron chi connectivity index (χ3n) is 3.02. The second kappa shape index (κ2) is 5.68. The average Bonchev–Trinajstić information content (AvgIpc) is 2.78. The van der Waals surface area contributed by atoms with Gasteiger partial charge in [-0.15, -0.1) is 10.2 Å². The summed E-state index contributed by atoms with van der Waals surface area (Å²) < 4.78 is 5.10. The van der Waals surface area contributed by atoms with E-state index in [2.05, 4.69) is 26.0 Å². The van der Waals surface area contributed by atoms with Crippen LogP contribution >= 0.6 is 0 Å². The first-order chi connectivity index (χ1) is 9.52. The molecule has 20 heavy (non-hydrogen) atoms. The smallest absolute Gasteiger partial charge is 0.272 e. The van der Waals surface area contributed by atoms with E-state index in [0.717, 1.165) is 11.3 Å². The van der Waals surface area contributed by atoms with E-state index in [1.165, 1.54) is 0 Å². The van der Waals surface area contributed by atoms with Gasteiger partial charge in [0.25, 0.3) is 5.91 Å². The highest BCUT2D eigenvalue weighted by Gasteiger charge is 2.19. The molecular weight excluding hydrogens is 258 g/mol. The van der Waals surface area contributed by atoms with Gasteiger partial charge < -0.3 is 15.2 Å². The molecule has 2 aromatic rings. The van der Waals surface area contributed by atoms with Crippen molar-refractivity contribution in [1.29, 1.82) is 0 Å². The summed E-state index contributed by atoms with van der Waals surface area (Å²) >= 11 is 0. The zero-order valence-electron chi connectivity index (χ0n) is 11.9. The van der Waals surface area contributed by atoms with Crippen LogP contribution in [0.2, 0.25) is 0 Å². The molecule has 1 amide bonds. The number of nitrogens with zero attached hydrogens (tertiary/aromatic N) is 3. The van der Waals surface area contributed by atoms with Gasteiger partial charge in [-0.2, -0.15) is 0 Å². The molecule has 0 spiro atoms. The lowest BCUT2D eigenvalue weighted by atomic mass is 10.1. The summed E-state index contributed by atoms with van der Waals surface area (Å²) in [5.74, 6) is 1.03. The molecule has 0 fully saturated rings. The van der Waals surface area contributed by atoms with Crippen LogP contribution in [0.5, 0.6) is 0 Å². The van der Waals surface area contributed by atoms with Crippen molar-refractivity contribution < 1.29 is 9.32 Å². The van der Waals surface area contributed by atoms with Crippen LogP contribution in [0, 0.1) is 13.8 Å². The number of nitrogens with one attached hydrogen (secondary N) is 2. The van der Waals surface area contributed by atoms with Crippen LogP contribution in [0.3, 0.4) is 0 Å². The van der Waals surface area contributed by atoms with E-state index in [9.17, 15) is 4.79 Å². The third-order valence-corrected chi connectivity index (χ3v) is 3.02. The lowest BCUT2D eigenvalue weighted by Crippen LogP contribution is -2.28. The van der Waals surface area contributed by atoms with Crippen LogP contribution in [0.1, 0.15) is 40.5 Å². The summed E-state index contributed by atoms with van der Waals surface area (Å²) in [4.78, 5) is 12.1. The number of hydrogen-bond donors (Lipinski definition) is 2. The first kappa shape index (κ1) is 14.0. The molecule has 1 atom stereocenters. The van der Waals surface area contributed by atoms with Crippen molar-refractivity contribution in [1.82, 2.24) is 20.7 Å². The summed E-state index contributed by atoms with van der Waals surface area (Å²) in [5, 5.41) is 17.3. The third kappa shape index (κ3) is 2.76. The van der Waals surface area contributed by atoms with Gasteiger partial charge in [-0.05, 0) is 32.9 Å². The Morgan fingerprint density at radius 1 is 1.30 bits per heavy atom. The summed E-state index contributed by atoms with van der Waals surface area (Å²) in [6.07, 6.45) is 0. The molecular formula is C13H17N5O2. The number of aryl methyl sites for hydroxylation is 2. The molecule has 0 aliphatic heterocycles. The van der Waals surface area contributed by atoms with Gasteiger partial charge >= 0.3 is 0 Å². The number of carbonyl (C=O) groups excluding carboxylic acids is 1. The quantitative estimate of drug-likeness (QED) is 0.880. The summed E-state index contributed by atoms with van der Waals surface area (Å²) in [5.41, 5.74) is 1.92. The molecule has 0 aromatic carbocycles. The van der Waals surface area contributed by atoms with Gasteiger partial charge in [-0.3, -0.25) is 4.79 Å². The number of hydrogen-bond acceptors (Lipinski definition) is 6. The zero-order valence-corrected chi connectivity index (χ0v) is 11.9. The predicted octanol–water partition coefficient (Wildman–Crippen LogP) is 1.61. The number of anilines is 1. The molecule has 7 nitrogen and oxygen atoms in total. The maximum absolute atomic E-state index is 12.1. The van der Waals surface area contributed by atoms with Gasteiger partial charge in [-0.1, -0.05) is 5.16 Å². The topological polar surface area (TPSA) is 92.9 Å². The molecule has 7 heteroatoms. The minimum Gasteiger partial charge on any atom is -0.372 e. The minimum absolute atomic E-state index is 0.209. The van der Waals surface area contributed by atoms with Crippen LogP contribution in [0.15, 0.2) is 16.7 Å². The van der Waals surface area contributed by atoms with Gasteiger partial charge in [0.15, 0.2) is 5.69 Å². The van der Waals surface area contributed by atoms with Gasteiger partial charge in [0.2, 0.25) is 0 Å². The van der Waals surface area contributed by atoms with Crippen molar-refractivity contribution in [2.75, 3.05) is 12.4 Å². The molecule has 106 valence electrons. The highest BCUT2D eigenvalue weighted by Crippen LogP contribution is 2.21. The SMILES string of the molecule is CNc1ccc(C(=O)NC(C)c2c(C)noc2C)nn1. The Hall–Kier alpha value is -2.44. The van der Waals surface area contributed by atoms with E-state index in [4.69, 9.17) is 4.52 Å². The maximum atomic E-state index is 12.1. The molecule has 2 heterocycles. The van der Waals surface area contributed by atoms with Crippen molar-refractivity contribution in [3.63, 3.8) is 0 Å². The largest absolute Gasteiger partial charge is 0.372 e. The standard InChI is InChI=1S/C13H17N5O2/c1-7(12-8(2)18-20-9(12)3)15-13(19)10-5-6-11(14-4)17-16-10/h5-7H,1-4H3,(H,14,17)(H,15,19). The number of aromatic nitrogens is 3. The van der Waals surface area contributed by atoms with Crippen LogP contribution in [0.25, 0.3) is 0 Å². The fourth-order valence-electron chi connectivity index (χ4n) is 2.04. The highest BCUT2D eigenvalue weighted by atomic mass is 16.5. The first-order valence-electron chi connectivity index (χ1n) is 6.28. The Bertz CT molecular complexity index is 586. The second-order valence-corrected chi connectivity index (χ2v) is 4.49. The summed E-state index contributed by atoms with van der Waals surface area (Å²) in [6.45, 7) is 5.54. The molecule has 0 radical (unpaired) electrons. The predicted molar refractivity (Wildman–Crippen MR) is 73.4 cm³/mol. The summed E-state index contributed by atoms with van der Waals surface area (Å²) in [6, 6.07) is 3.11. The van der Waals surface area contributed by atoms with Gasteiger partial charge in [0.05, 0.1) is 11.7 Å². The Morgan fingerprint density at radius 2 is 2.05 bits per heavy atom. The number of carbonyl (C=O) groups is 1. The molecule has 0 bridgehead atoms. The summed E-state index contributed by atoms with van der Waals surface area (Å²) in [7, 11) is 1.74. The van der Waals surface area contributed by atoms with E-state index < -0.39 is 0 Å². The van der Waals surface area contributed by atoms with Gasteiger partial charge in [0, 0.05) is 12.6 Å². The van der Waals surface area contributed by atoms with Gasteiger partial charge in [-0.25, -0.2) is 0 Å². The molecule has 0 aliphatic carbocycles. The Morgan fingerprint density at radius 3 is 2.55 bits per heavy atom. The number of rotatable bonds is 4. The van der Waals surface area contributed by atoms with Crippen molar-refractivity contribution >= 4 is 11.7 Å². The lowest BCUT2D eigenvalue weighted by molar-refractivity contribution is 0.0933. The van der Waals surface area contributed by atoms with Crippen molar-refractivity contribution in [3.8, 4) is 0 Å². The average molecular weight is 275 g/mol. The first-order valence-corrected chi connectivity index (χ1v) is 6.28. The molecule has 0 saturated heterocycles. The Kier molecular flexibility index (Phi) is 3.97. The second-order valence-electron chi connectivity index (χ2n) is 4.49. The van der Waals surface area contributed by atoms with Gasteiger partial charge in [0.1, 0.15) is 11.6 Å². The molecule has 2 rings (SSSR count). The van der Waals surface area contributed by atoms with Crippen LogP contribution in [-0.2, 0) is 0 Å². The molecule has 0 aliphatic rings. The monoisotopic (exact) mass is 275 g/mol. The van der Waals surface area contributed by atoms with Crippen LogP contribution in [-0.4, -0.2) is 28.3 Å². The Labute approximate surface area is 116 Å². The fraction of sp³-hybridized carbons (Fsp3) is 0.385. The normalized spacial score (nSPS) is 12.0. The number of amides is 1. The van der Waals surface area contributed by atoms with Crippen LogP contribution in [0.4, 0.5) is 5.82 Å². The van der Waals surface area contributed by atoms with Crippen molar-refractivity contribution in [3.05, 3.63) is 34.8 Å². The van der Waals surface area contributed by atoms with Crippen molar-refractivity contribution in [2.24, 2.45) is 0 Å². The molecule has 2 aromatic heterocycles. The van der Waals surface area contributed by atoms with E-state index in [-0.39, 0.29) is 17.6 Å². The molecule has 1 unspecified atom stereocenters. The fourth-order valence-corrected chi connectivity index (χ4v) is 2.04. The van der Waals surface area contributed by atoms with E-state index >= 15 is 0 Å². The lowest BCUT2D eigenvalue weighted by Gasteiger charge is -2.13. The molecule has 0 saturated carbocycles. The van der Waals surface area contributed by atoms with Crippen LogP contribution < -0.4 is 10.6 Å². The highest BCUT2D eigenvalue weighted by molar-refractivity contribution is 5.92. The molecule has 2 N–H and O–H groups in total. The maximum Gasteiger partial charge on any atom is 0.272 e. The minimum atomic E-state index is -0.285. The van der Waals surface area contributed by atoms with Crippen molar-refractivity contribution in [2.45, 2.75) is 26.8 Å². The van der Waals surface area contributed by atoms with E-state index in [1.807, 2.05) is 20.8 Å².